The van der Waals surface area contributed by atoms with Gasteiger partial charge in [-0.25, -0.2) is 8.78 Å². The second-order valence-corrected chi connectivity index (χ2v) is 5.37. The van der Waals surface area contributed by atoms with Gasteiger partial charge < -0.3 is 10.2 Å². The van der Waals surface area contributed by atoms with Crippen LogP contribution in [0.3, 0.4) is 0 Å². The summed E-state index contributed by atoms with van der Waals surface area (Å²) in [6, 6.07) is 6.19. The lowest BCUT2D eigenvalue weighted by Crippen LogP contribution is -2.26. The summed E-state index contributed by atoms with van der Waals surface area (Å²) in [5.41, 5.74) is -2.00. The molecule has 0 saturated carbocycles. The van der Waals surface area contributed by atoms with Crippen LogP contribution in [0.5, 0.6) is 5.75 Å². The molecule has 1 atom stereocenters. The molecule has 8 heteroatoms. The first kappa shape index (κ1) is 17.5. The molecule has 24 heavy (non-hydrogen) atoms. The van der Waals surface area contributed by atoms with Crippen molar-refractivity contribution < 1.29 is 23.9 Å². The molecule has 0 amide bonds. The fraction of sp³-hybridized carbons (Fsp3) is 0.188. The van der Waals surface area contributed by atoms with Crippen LogP contribution in [-0.4, -0.2) is 27.9 Å². The van der Waals surface area contributed by atoms with E-state index in [1.807, 2.05) is 0 Å². The molecular weight excluding hydrogens is 322 g/mol. The molecule has 0 saturated heterocycles. The smallest absolute Gasteiger partial charge is 0.270 e. The molecular formula is C16H14F2N2O4. The number of halogens is 2. The first-order chi connectivity index (χ1) is 11.2. The summed E-state index contributed by atoms with van der Waals surface area (Å²) >= 11 is 0. The Morgan fingerprint density at radius 3 is 2.62 bits per heavy atom. The summed E-state index contributed by atoms with van der Waals surface area (Å²) in [7, 11) is 0. The Hall–Kier alpha value is -2.87. The van der Waals surface area contributed by atoms with Crippen molar-refractivity contribution in [2.75, 3.05) is 6.54 Å². The van der Waals surface area contributed by atoms with Crippen LogP contribution < -0.4 is 0 Å². The second-order valence-electron chi connectivity index (χ2n) is 5.37. The number of aliphatic hydroxyl groups is 1. The van der Waals surface area contributed by atoms with Gasteiger partial charge in [0.05, 0.1) is 11.5 Å². The van der Waals surface area contributed by atoms with E-state index in [9.17, 15) is 29.1 Å². The average Bonchev–Trinajstić information content (AvgIpc) is 2.48. The molecule has 2 rings (SSSR count). The summed E-state index contributed by atoms with van der Waals surface area (Å²) in [6.07, 6.45) is 1.14. The number of nitro groups is 1. The van der Waals surface area contributed by atoms with E-state index in [1.54, 1.807) is 0 Å². The van der Waals surface area contributed by atoms with Crippen LogP contribution in [0.2, 0.25) is 0 Å². The molecule has 0 heterocycles. The molecule has 0 radical (unpaired) electrons. The quantitative estimate of drug-likeness (QED) is 0.498. The topological polar surface area (TPSA) is 96.0 Å². The maximum Gasteiger partial charge on any atom is 0.270 e. The number of phenols is 1. The number of non-ortho nitro benzene ring substituents is 1. The predicted molar refractivity (Wildman–Crippen MR) is 83.2 cm³/mol. The highest BCUT2D eigenvalue weighted by Gasteiger charge is 2.26. The van der Waals surface area contributed by atoms with Gasteiger partial charge in [-0.1, -0.05) is 6.07 Å². The van der Waals surface area contributed by atoms with Gasteiger partial charge in [0.1, 0.15) is 23.0 Å². The molecule has 6 nitrogen and oxygen atoms in total. The van der Waals surface area contributed by atoms with Crippen molar-refractivity contribution in [3.05, 3.63) is 69.3 Å². The van der Waals surface area contributed by atoms with Crippen molar-refractivity contribution in [3.8, 4) is 5.75 Å². The van der Waals surface area contributed by atoms with Crippen molar-refractivity contribution >= 4 is 11.9 Å². The third-order valence-electron chi connectivity index (χ3n) is 3.36. The molecule has 0 aliphatic heterocycles. The lowest BCUT2D eigenvalue weighted by Gasteiger charge is -2.22. The van der Waals surface area contributed by atoms with E-state index in [-0.39, 0.29) is 29.1 Å². The standard InChI is InChI=1S/C16H14F2N2O4/c1-16(22,13-4-2-11(17)7-14(13)18)9-19-8-10-6-12(20(23)24)3-5-15(10)21/h2-8,21-22H,9H2,1H3. The minimum absolute atomic E-state index is 0.0829. The van der Waals surface area contributed by atoms with Crippen molar-refractivity contribution in [3.63, 3.8) is 0 Å². The Kier molecular flexibility index (Phi) is 4.89. The van der Waals surface area contributed by atoms with Crippen molar-refractivity contribution in [1.29, 1.82) is 0 Å². The minimum atomic E-state index is -1.72. The summed E-state index contributed by atoms with van der Waals surface area (Å²) in [6.45, 7) is 1.01. The Morgan fingerprint density at radius 2 is 2.00 bits per heavy atom. The van der Waals surface area contributed by atoms with Gasteiger partial charge in [-0.2, -0.15) is 0 Å². The van der Waals surface area contributed by atoms with Gasteiger partial charge >= 0.3 is 0 Å². The fourth-order valence-corrected chi connectivity index (χ4v) is 2.09. The zero-order chi connectivity index (χ0) is 17.9. The lowest BCUT2D eigenvalue weighted by molar-refractivity contribution is -0.384. The number of rotatable bonds is 5. The van der Waals surface area contributed by atoms with Gasteiger partial charge in [0.25, 0.3) is 5.69 Å². The van der Waals surface area contributed by atoms with Crippen LogP contribution in [0.15, 0.2) is 41.4 Å². The summed E-state index contributed by atoms with van der Waals surface area (Å²) < 4.78 is 26.7. The number of nitrogens with zero attached hydrogens (tertiary/aromatic N) is 2. The van der Waals surface area contributed by atoms with Crippen molar-refractivity contribution in [2.24, 2.45) is 4.99 Å². The SMILES string of the molecule is CC(O)(CN=Cc1cc([N+](=O)[O-])ccc1O)c1ccc(F)cc1F. The van der Waals surface area contributed by atoms with Crippen molar-refractivity contribution in [1.82, 2.24) is 0 Å². The van der Waals surface area contributed by atoms with Gasteiger partial charge in [0.2, 0.25) is 0 Å². The molecule has 0 aliphatic rings. The molecule has 0 aliphatic carbocycles. The summed E-state index contributed by atoms with van der Waals surface area (Å²) in [5.74, 6) is -1.90. The normalized spacial score (nSPS) is 13.8. The third-order valence-corrected chi connectivity index (χ3v) is 3.36. The first-order valence-corrected chi connectivity index (χ1v) is 6.86. The number of benzene rings is 2. The number of hydrogen-bond donors (Lipinski definition) is 2. The van der Waals surface area contributed by atoms with Crippen LogP contribution in [0.25, 0.3) is 0 Å². The van der Waals surface area contributed by atoms with Gasteiger partial charge in [-0.3, -0.25) is 15.1 Å². The number of aliphatic imine (C=N–C) groups is 1. The van der Waals surface area contributed by atoms with E-state index >= 15 is 0 Å². The Bertz CT molecular complexity index is 807. The van der Waals surface area contributed by atoms with E-state index in [0.29, 0.717) is 6.07 Å². The molecule has 1 unspecified atom stereocenters. The monoisotopic (exact) mass is 336 g/mol. The van der Waals surface area contributed by atoms with Crippen LogP contribution in [-0.2, 0) is 5.60 Å². The summed E-state index contributed by atoms with van der Waals surface area (Å²) in [5, 5.41) is 30.7. The molecule has 126 valence electrons. The molecule has 0 spiro atoms. The lowest BCUT2D eigenvalue weighted by atomic mass is 9.95. The average molecular weight is 336 g/mol. The van der Waals surface area contributed by atoms with Gasteiger partial charge in [-0.15, -0.1) is 0 Å². The highest BCUT2D eigenvalue weighted by atomic mass is 19.1. The Balaban J connectivity index is 2.21. The van der Waals surface area contributed by atoms with Gasteiger partial charge in [0, 0.05) is 35.5 Å². The highest BCUT2D eigenvalue weighted by molar-refractivity contribution is 5.84. The maximum atomic E-state index is 13.7. The predicted octanol–water partition coefficient (Wildman–Crippen LogP) is 2.91. The van der Waals surface area contributed by atoms with E-state index < -0.39 is 22.2 Å². The number of phenolic OH excluding ortho intramolecular Hbond substituents is 1. The molecule has 2 N–H and O–H groups in total. The van der Waals surface area contributed by atoms with E-state index in [4.69, 9.17) is 0 Å². The van der Waals surface area contributed by atoms with Gasteiger partial charge in [-0.05, 0) is 19.1 Å². The number of aromatic hydroxyl groups is 1. The van der Waals surface area contributed by atoms with Crippen molar-refractivity contribution in [2.45, 2.75) is 12.5 Å². The largest absolute Gasteiger partial charge is 0.507 e. The molecule has 2 aromatic carbocycles. The highest BCUT2D eigenvalue weighted by Crippen LogP contribution is 2.25. The van der Waals surface area contributed by atoms with Crippen LogP contribution in [0.1, 0.15) is 18.1 Å². The summed E-state index contributed by atoms with van der Waals surface area (Å²) in [4.78, 5) is 14.0. The van der Waals surface area contributed by atoms with Gasteiger partial charge in [0.15, 0.2) is 0 Å². The second kappa shape index (κ2) is 6.71. The Morgan fingerprint density at radius 1 is 1.29 bits per heavy atom. The van der Waals surface area contributed by atoms with E-state index in [1.165, 1.54) is 6.92 Å². The van der Waals surface area contributed by atoms with Crippen LogP contribution >= 0.6 is 0 Å². The number of nitro benzene ring substituents is 1. The van der Waals surface area contributed by atoms with E-state index in [2.05, 4.69) is 4.99 Å². The van der Waals surface area contributed by atoms with Crippen LogP contribution in [0, 0.1) is 21.7 Å². The van der Waals surface area contributed by atoms with Crippen LogP contribution in [0.4, 0.5) is 14.5 Å². The third kappa shape index (κ3) is 3.90. The Labute approximate surface area is 135 Å². The fourth-order valence-electron chi connectivity index (χ4n) is 2.09. The minimum Gasteiger partial charge on any atom is -0.507 e. The molecule has 0 aromatic heterocycles. The molecule has 2 aromatic rings. The van der Waals surface area contributed by atoms with E-state index in [0.717, 1.165) is 36.5 Å². The maximum absolute atomic E-state index is 13.7. The molecule has 0 bridgehead atoms. The number of hydrogen-bond acceptors (Lipinski definition) is 5. The zero-order valence-corrected chi connectivity index (χ0v) is 12.6. The zero-order valence-electron chi connectivity index (χ0n) is 12.6. The molecule has 0 fully saturated rings. The first-order valence-electron chi connectivity index (χ1n) is 6.86.